The third kappa shape index (κ3) is 1.16. The fraction of sp³-hybridized carbons (Fsp3) is 0.462. The highest BCUT2D eigenvalue weighted by molar-refractivity contribution is 5.46. The molecule has 0 aromatic heterocycles. The van der Waals surface area contributed by atoms with Crippen molar-refractivity contribution in [2.75, 3.05) is 5.73 Å². The Hall–Kier alpha value is -1.49. The Morgan fingerprint density at radius 3 is 2.20 bits per heavy atom. The van der Waals surface area contributed by atoms with Crippen molar-refractivity contribution in [1.82, 2.24) is 0 Å². The zero-order chi connectivity index (χ0) is 10.5. The average Bonchev–Trinajstić information content (AvgIpc) is 2.96. The molecule has 0 bridgehead atoms. The number of nitriles is 1. The summed E-state index contributed by atoms with van der Waals surface area (Å²) in [6, 6.07) is 10.3. The van der Waals surface area contributed by atoms with Crippen molar-refractivity contribution in [3.63, 3.8) is 0 Å². The molecular formula is C13H14N2. The van der Waals surface area contributed by atoms with E-state index < -0.39 is 0 Å². The van der Waals surface area contributed by atoms with Crippen molar-refractivity contribution in [2.24, 2.45) is 5.41 Å². The van der Waals surface area contributed by atoms with Gasteiger partial charge in [-0.2, -0.15) is 5.26 Å². The Morgan fingerprint density at radius 2 is 1.73 bits per heavy atom. The molecule has 2 aliphatic carbocycles. The van der Waals surface area contributed by atoms with Crippen LogP contribution < -0.4 is 5.73 Å². The molecular weight excluding hydrogens is 184 g/mol. The number of rotatable bonds is 1. The molecule has 2 aliphatic rings. The van der Waals surface area contributed by atoms with Crippen LogP contribution in [0.1, 0.15) is 31.2 Å². The molecule has 0 unspecified atom stereocenters. The minimum Gasteiger partial charge on any atom is -0.399 e. The third-order valence-corrected chi connectivity index (χ3v) is 3.99. The van der Waals surface area contributed by atoms with E-state index in [9.17, 15) is 5.26 Å². The summed E-state index contributed by atoms with van der Waals surface area (Å²) in [4.78, 5) is 0. The monoisotopic (exact) mass is 198 g/mol. The molecule has 2 fully saturated rings. The molecule has 0 aliphatic heterocycles. The van der Waals surface area contributed by atoms with Gasteiger partial charge in [0.2, 0.25) is 0 Å². The lowest BCUT2D eigenvalue weighted by Crippen LogP contribution is -2.41. The molecule has 0 amide bonds. The van der Waals surface area contributed by atoms with Crippen LogP contribution in [0.4, 0.5) is 5.69 Å². The first kappa shape index (κ1) is 8.79. The second-order valence-electron chi connectivity index (χ2n) is 5.17. The lowest BCUT2D eigenvalue weighted by Gasteiger charge is -2.44. The summed E-state index contributed by atoms with van der Waals surface area (Å²) in [6.45, 7) is 0. The zero-order valence-electron chi connectivity index (χ0n) is 8.66. The van der Waals surface area contributed by atoms with Crippen LogP contribution in [0.2, 0.25) is 0 Å². The number of anilines is 1. The van der Waals surface area contributed by atoms with Crippen LogP contribution in [0.5, 0.6) is 0 Å². The van der Waals surface area contributed by atoms with Crippen molar-refractivity contribution in [1.29, 1.82) is 5.26 Å². The fourth-order valence-electron chi connectivity index (χ4n) is 2.91. The highest BCUT2D eigenvalue weighted by Gasteiger charge is 2.61. The molecule has 1 aromatic carbocycles. The Labute approximate surface area is 89.7 Å². The molecule has 2 N–H and O–H groups in total. The summed E-state index contributed by atoms with van der Waals surface area (Å²) >= 11 is 0. The van der Waals surface area contributed by atoms with Gasteiger partial charge in [0.05, 0.1) is 11.5 Å². The van der Waals surface area contributed by atoms with Gasteiger partial charge in [-0.1, -0.05) is 12.1 Å². The summed E-state index contributed by atoms with van der Waals surface area (Å²) in [5, 5.41) is 9.34. The van der Waals surface area contributed by atoms with Crippen molar-refractivity contribution in [3.8, 4) is 6.07 Å². The summed E-state index contributed by atoms with van der Waals surface area (Å²) < 4.78 is 0. The normalized spacial score (nSPS) is 24.2. The summed E-state index contributed by atoms with van der Waals surface area (Å²) in [5.74, 6) is 0. The number of nitrogens with zero attached hydrogens (tertiary/aromatic N) is 1. The van der Waals surface area contributed by atoms with Crippen LogP contribution >= 0.6 is 0 Å². The van der Waals surface area contributed by atoms with Crippen molar-refractivity contribution in [2.45, 2.75) is 31.1 Å². The number of hydrogen-bond donors (Lipinski definition) is 1. The van der Waals surface area contributed by atoms with Crippen LogP contribution in [-0.4, -0.2) is 0 Å². The first-order chi connectivity index (χ1) is 7.18. The maximum Gasteiger partial charge on any atom is 0.0833 e. The zero-order valence-corrected chi connectivity index (χ0v) is 8.66. The number of nitrogen functional groups attached to an aromatic ring is 1. The predicted octanol–water partition coefficient (Wildman–Crippen LogP) is 2.60. The molecule has 2 heteroatoms. The maximum absolute atomic E-state index is 9.34. The highest BCUT2D eigenvalue weighted by atomic mass is 14.6. The van der Waals surface area contributed by atoms with Crippen LogP contribution in [0.15, 0.2) is 24.3 Å². The highest BCUT2D eigenvalue weighted by Crippen LogP contribution is 2.68. The molecule has 1 aromatic rings. The van der Waals surface area contributed by atoms with Gasteiger partial charge in [-0.3, -0.25) is 0 Å². The smallest absolute Gasteiger partial charge is 0.0833 e. The molecule has 1 spiro atoms. The van der Waals surface area contributed by atoms with Gasteiger partial charge in [0.25, 0.3) is 0 Å². The molecule has 0 saturated heterocycles. The Morgan fingerprint density at radius 1 is 1.13 bits per heavy atom. The summed E-state index contributed by atoms with van der Waals surface area (Å²) in [7, 11) is 0. The molecule has 0 radical (unpaired) electrons. The summed E-state index contributed by atoms with van der Waals surface area (Å²) in [5.41, 5.74) is 7.92. The van der Waals surface area contributed by atoms with Gasteiger partial charge >= 0.3 is 0 Å². The van der Waals surface area contributed by atoms with E-state index in [0.29, 0.717) is 5.41 Å². The van der Waals surface area contributed by atoms with E-state index in [4.69, 9.17) is 5.73 Å². The molecule has 76 valence electrons. The maximum atomic E-state index is 9.34. The Balaban J connectivity index is 1.92. The number of benzene rings is 1. The van der Waals surface area contributed by atoms with Crippen LogP contribution in [0, 0.1) is 16.7 Å². The van der Waals surface area contributed by atoms with Gasteiger partial charge < -0.3 is 5.73 Å². The quantitative estimate of drug-likeness (QED) is 0.705. The molecule has 2 nitrogen and oxygen atoms in total. The van der Waals surface area contributed by atoms with E-state index in [1.54, 1.807) is 0 Å². The van der Waals surface area contributed by atoms with E-state index in [0.717, 1.165) is 24.1 Å². The van der Waals surface area contributed by atoms with Gasteiger partial charge in [0.1, 0.15) is 0 Å². The van der Waals surface area contributed by atoms with Gasteiger partial charge in [-0.15, -0.1) is 0 Å². The van der Waals surface area contributed by atoms with Crippen LogP contribution in [0.3, 0.4) is 0 Å². The van der Waals surface area contributed by atoms with E-state index in [1.807, 2.05) is 24.3 Å². The van der Waals surface area contributed by atoms with Crippen LogP contribution in [0.25, 0.3) is 0 Å². The topological polar surface area (TPSA) is 49.8 Å². The molecule has 3 rings (SSSR count). The number of nitrogens with two attached hydrogens (primary N) is 1. The fourth-order valence-corrected chi connectivity index (χ4v) is 2.91. The lowest BCUT2D eigenvalue weighted by atomic mass is 9.57. The second-order valence-corrected chi connectivity index (χ2v) is 5.17. The predicted molar refractivity (Wildman–Crippen MR) is 59.0 cm³/mol. The average molecular weight is 198 g/mol. The summed E-state index contributed by atoms with van der Waals surface area (Å²) in [6.07, 6.45) is 4.76. The first-order valence-electron chi connectivity index (χ1n) is 5.45. The Kier molecular flexibility index (Phi) is 1.49. The van der Waals surface area contributed by atoms with Crippen molar-refractivity contribution < 1.29 is 0 Å². The SMILES string of the molecule is N#CC1(c2ccc(N)cc2)CC2(CC2)C1. The molecule has 2 saturated carbocycles. The lowest BCUT2D eigenvalue weighted by molar-refractivity contribution is 0.173. The van der Waals surface area contributed by atoms with Gasteiger partial charge in [-0.25, -0.2) is 0 Å². The van der Waals surface area contributed by atoms with Crippen molar-refractivity contribution >= 4 is 5.69 Å². The minimum absolute atomic E-state index is 0.204. The first-order valence-corrected chi connectivity index (χ1v) is 5.45. The molecule has 0 atom stereocenters. The van der Waals surface area contributed by atoms with Gasteiger partial charge in [0, 0.05) is 5.69 Å². The van der Waals surface area contributed by atoms with E-state index in [1.165, 1.54) is 12.8 Å². The number of hydrogen-bond acceptors (Lipinski definition) is 2. The standard InChI is InChI=1S/C13H14N2/c14-9-13(7-12(8-13)5-6-12)10-1-3-11(15)4-2-10/h1-4H,5-8,15H2. The minimum atomic E-state index is -0.204. The largest absolute Gasteiger partial charge is 0.399 e. The Bertz CT molecular complexity index is 427. The van der Waals surface area contributed by atoms with Gasteiger partial charge in [0.15, 0.2) is 0 Å². The van der Waals surface area contributed by atoms with Gasteiger partial charge in [-0.05, 0) is 48.8 Å². The molecule has 0 heterocycles. The van der Waals surface area contributed by atoms with E-state index >= 15 is 0 Å². The second kappa shape index (κ2) is 2.55. The van der Waals surface area contributed by atoms with Crippen LogP contribution in [-0.2, 0) is 5.41 Å². The van der Waals surface area contributed by atoms with Crippen molar-refractivity contribution in [3.05, 3.63) is 29.8 Å². The third-order valence-electron chi connectivity index (χ3n) is 3.99. The van der Waals surface area contributed by atoms with E-state index in [-0.39, 0.29) is 5.41 Å². The van der Waals surface area contributed by atoms with E-state index in [2.05, 4.69) is 6.07 Å². The molecule has 15 heavy (non-hydrogen) atoms.